The molecule has 1 aromatic carbocycles. The summed E-state index contributed by atoms with van der Waals surface area (Å²) < 4.78 is 5.92. The molecule has 0 spiro atoms. The smallest absolute Gasteiger partial charge is 0.125 e. The summed E-state index contributed by atoms with van der Waals surface area (Å²) in [5.74, 6) is 0.855. The molecular weight excluding hydrogens is 262 g/mol. The molecule has 0 bridgehead atoms. The third-order valence-corrected chi connectivity index (χ3v) is 5.25. The fourth-order valence-corrected chi connectivity index (χ4v) is 3.75. The van der Waals surface area contributed by atoms with Crippen LogP contribution in [0.25, 0.3) is 0 Å². The van der Waals surface area contributed by atoms with Crippen molar-refractivity contribution in [2.75, 3.05) is 13.7 Å². The van der Waals surface area contributed by atoms with Crippen molar-refractivity contribution < 1.29 is 9.84 Å². The topological polar surface area (TPSA) is 32.7 Å². The molecule has 1 heterocycles. The molecule has 1 aromatic rings. The number of nitrogens with zero attached hydrogens (tertiary/aromatic N) is 1. The second-order valence-electron chi connectivity index (χ2n) is 6.51. The lowest BCUT2D eigenvalue weighted by molar-refractivity contribution is -0.00998. The number of likely N-dealkylation sites (N-methyl/N-ethyl adjacent to an activating group) is 1. The fourth-order valence-electron chi connectivity index (χ4n) is 3.75. The van der Waals surface area contributed by atoms with Crippen LogP contribution in [0.1, 0.15) is 56.3 Å². The first kappa shape index (κ1) is 14.9. The lowest BCUT2D eigenvalue weighted by atomic mass is 9.90. The van der Waals surface area contributed by atoms with E-state index in [9.17, 15) is 5.11 Å². The van der Waals surface area contributed by atoms with Gasteiger partial charge < -0.3 is 9.84 Å². The Morgan fingerprint density at radius 3 is 2.71 bits per heavy atom. The van der Waals surface area contributed by atoms with Gasteiger partial charge in [0, 0.05) is 11.6 Å². The van der Waals surface area contributed by atoms with Crippen LogP contribution in [0.3, 0.4) is 0 Å². The lowest BCUT2D eigenvalue weighted by Crippen LogP contribution is -2.49. The van der Waals surface area contributed by atoms with Crippen molar-refractivity contribution in [2.24, 2.45) is 0 Å². The van der Waals surface area contributed by atoms with Gasteiger partial charge in [-0.2, -0.15) is 0 Å². The second kappa shape index (κ2) is 6.37. The quantitative estimate of drug-likeness (QED) is 0.926. The summed E-state index contributed by atoms with van der Waals surface area (Å²) in [6.07, 6.45) is 7.04. The minimum absolute atomic E-state index is 0.0766. The van der Waals surface area contributed by atoms with E-state index >= 15 is 0 Å². The standard InChI is InChI=1S/C18H27NO2/c1-3-13-9-10-17-15(11-13)18(20)16(12-21-17)19(2)14-7-5-4-6-8-14/h9-11,14,16,18,20H,3-8,12H2,1-2H3. The number of hydrogen-bond acceptors (Lipinski definition) is 3. The SMILES string of the molecule is CCc1ccc2c(c1)C(O)C(N(C)C1CCCCC1)CO2. The van der Waals surface area contributed by atoms with E-state index in [-0.39, 0.29) is 6.04 Å². The fraction of sp³-hybridized carbons (Fsp3) is 0.667. The van der Waals surface area contributed by atoms with Gasteiger partial charge in [0.05, 0.1) is 6.04 Å². The van der Waals surface area contributed by atoms with Crippen LogP contribution in [0.5, 0.6) is 5.75 Å². The molecule has 3 rings (SSSR count). The van der Waals surface area contributed by atoms with Gasteiger partial charge in [0.15, 0.2) is 0 Å². The highest BCUT2D eigenvalue weighted by Gasteiger charge is 2.35. The van der Waals surface area contributed by atoms with Gasteiger partial charge in [-0.15, -0.1) is 0 Å². The molecule has 1 N–H and O–H groups in total. The molecule has 1 saturated carbocycles. The highest BCUT2D eigenvalue weighted by molar-refractivity contribution is 5.41. The molecule has 1 aliphatic heterocycles. The number of aryl methyl sites for hydroxylation is 1. The van der Waals surface area contributed by atoms with Crippen molar-refractivity contribution in [3.63, 3.8) is 0 Å². The number of fused-ring (bicyclic) bond motifs is 1. The van der Waals surface area contributed by atoms with Gasteiger partial charge in [-0.3, -0.25) is 4.90 Å². The van der Waals surface area contributed by atoms with Gasteiger partial charge in [0.2, 0.25) is 0 Å². The molecule has 0 radical (unpaired) electrons. The van der Waals surface area contributed by atoms with Gasteiger partial charge >= 0.3 is 0 Å². The first-order valence-electron chi connectivity index (χ1n) is 8.36. The predicted molar refractivity (Wildman–Crippen MR) is 84.7 cm³/mol. The first-order valence-corrected chi connectivity index (χ1v) is 8.36. The summed E-state index contributed by atoms with van der Waals surface area (Å²) in [7, 11) is 2.15. The van der Waals surface area contributed by atoms with Crippen molar-refractivity contribution >= 4 is 0 Å². The van der Waals surface area contributed by atoms with E-state index in [1.807, 2.05) is 6.07 Å². The maximum Gasteiger partial charge on any atom is 0.125 e. The summed E-state index contributed by atoms with van der Waals surface area (Å²) in [5, 5.41) is 10.8. The molecule has 3 nitrogen and oxygen atoms in total. The van der Waals surface area contributed by atoms with Crippen LogP contribution in [0.2, 0.25) is 0 Å². The Morgan fingerprint density at radius 1 is 1.24 bits per heavy atom. The van der Waals surface area contributed by atoms with E-state index in [4.69, 9.17) is 4.74 Å². The van der Waals surface area contributed by atoms with Crippen molar-refractivity contribution in [1.82, 2.24) is 4.90 Å². The molecule has 0 amide bonds. The molecule has 2 aliphatic rings. The van der Waals surface area contributed by atoms with E-state index < -0.39 is 6.10 Å². The average Bonchev–Trinajstić information content (AvgIpc) is 2.55. The van der Waals surface area contributed by atoms with Gasteiger partial charge in [-0.1, -0.05) is 32.3 Å². The normalized spacial score (nSPS) is 26.5. The monoisotopic (exact) mass is 289 g/mol. The Kier molecular flexibility index (Phi) is 4.51. The molecule has 3 heteroatoms. The van der Waals surface area contributed by atoms with E-state index in [2.05, 4.69) is 31.0 Å². The summed E-state index contributed by atoms with van der Waals surface area (Å²) in [5.41, 5.74) is 2.23. The maximum absolute atomic E-state index is 10.8. The van der Waals surface area contributed by atoms with Gasteiger partial charge in [-0.25, -0.2) is 0 Å². The van der Waals surface area contributed by atoms with Crippen LogP contribution in [0.4, 0.5) is 0 Å². The van der Waals surface area contributed by atoms with Crippen LogP contribution in [0, 0.1) is 0 Å². The predicted octanol–water partition coefficient (Wildman–Crippen LogP) is 3.31. The molecule has 116 valence electrons. The molecule has 2 atom stereocenters. The average molecular weight is 289 g/mol. The summed E-state index contributed by atoms with van der Waals surface area (Å²) in [4.78, 5) is 2.37. The van der Waals surface area contributed by atoms with Gasteiger partial charge in [-0.05, 0) is 44.0 Å². The van der Waals surface area contributed by atoms with Crippen molar-refractivity contribution in [3.8, 4) is 5.75 Å². The van der Waals surface area contributed by atoms with Crippen LogP contribution in [-0.4, -0.2) is 35.7 Å². The third kappa shape index (κ3) is 2.95. The first-order chi connectivity index (χ1) is 10.2. The van der Waals surface area contributed by atoms with Crippen molar-refractivity contribution in [1.29, 1.82) is 0 Å². The Labute approximate surface area is 127 Å². The number of benzene rings is 1. The maximum atomic E-state index is 10.8. The zero-order valence-electron chi connectivity index (χ0n) is 13.2. The summed E-state index contributed by atoms with van der Waals surface area (Å²) >= 11 is 0. The Morgan fingerprint density at radius 2 is 2.00 bits per heavy atom. The molecule has 1 aliphatic carbocycles. The zero-order chi connectivity index (χ0) is 14.8. The Bertz CT molecular complexity index is 482. The zero-order valence-corrected chi connectivity index (χ0v) is 13.2. The van der Waals surface area contributed by atoms with E-state index in [1.54, 1.807) is 0 Å². The van der Waals surface area contributed by atoms with Crippen LogP contribution >= 0.6 is 0 Å². The minimum atomic E-state index is -0.438. The summed E-state index contributed by atoms with van der Waals surface area (Å²) in [6, 6.07) is 6.89. The largest absolute Gasteiger partial charge is 0.491 e. The van der Waals surface area contributed by atoms with E-state index in [1.165, 1.54) is 37.7 Å². The van der Waals surface area contributed by atoms with Crippen molar-refractivity contribution in [3.05, 3.63) is 29.3 Å². The second-order valence-corrected chi connectivity index (χ2v) is 6.51. The molecule has 2 unspecified atom stereocenters. The minimum Gasteiger partial charge on any atom is -0.491 e. The van der Waals surface area contributed by atoms with Crippen molar-refractivity contribution in [2.45, 2.75) is 63.6 Å². The van der Waals surface area contributed by atoms with Gasteiger partial charge in [0.1, 0.15) is 18.5 Å². The van der Waals surface area contributed by atoms with Gasteiger partial charge in [0.25, 0.3) is 0 Å². The van der Waals surface area contributed by atoms with Crippen LogP contribution in [-0.2, 0) is 6.42 Å². The molecule has 21 heavy (non-hydrogen) atoms. The Hall–Kier alpha value is -1.06. The third-order valence-electron chi connectivity index (χ3n) is 5.25. The van der Waals surface area contributed by atoms with Crippen LogP contribution in [0.15, 0.2) is 18.2 Å². The number of aliphatic hydroxyl groups is 1. The highest BCUT2D eigenvalue weighted by atomic mass is 16.5. The highest BCUT2D eigenvalue weighted by Crippen LogP contribution is 2.36. The number of ether oxygens (including phenoxy) is 1. The number of hydrogen-bond donors (Lipinski definition) is 1. The number of rotatable bonds is 3. The molecule has 0 saturated heterocycles. The lowest BCUT2D eigenvalue weighted by Gasteiger charge is -2.41. The molecular formula is C18H27NO2. The van der Waals surface area contributed by atoms with E-state index in [0.29, 0.717) is 12.6 Å². The van der Waals surface area contributed by atoms with Crippen LogP contribution < -0.4 is 4.74 Å². The number of aliphatic hydroxyl groups excluding tert-OH is 1. The Balaban J connectivity index is 1.78. The molecule has 0 aromatic heterocycles. The molecule has 1 fully saturated rings. The summed E-state index contributed by atoms with van der Waals surface area (Å²) in [6.45, 7) is 2.73. The van der Waals surface area contributed by atoms with E-state index in [0.717, 1.165) is 17.7 Å².